The summed E-state index contributed by atoms with van der Waals surface area (Å²) in [4.78, 5) is 11.8. The fourth-order valence-electron chi connectivity index (χ4n) is 1.74. The van der Waals surface area contributed by atoms with Gasteiger partial charge in [-0.2, -0.15) is 0 Å². The van der Waals surface area contributed by atoms with Crippen molar-refractivity contribution in [2.45, 2.75) is 38.9 Å². The summed E-state index contributed by atoms with van der Waals surface area (Å²) in [6, 6.07) is 5.29. The van der Waals surface area contributed by atoms with Crippen LogP contribution in [0.2, 0.25) is 5.02 Å². The van der Waals surface area contributed by atoms with E-state index >= 15 is 0 Å². The van der Waals surface area contributed by atoms with Crippen LogP contribution >= 0.6 is 11.6 Å². The van der Waals surface area contributed by atoms with Crippen molar-refractivity contribution in [3.63, 3.8) is 0 Å². The van der Waals surface area contributed by atoms with Gasteiger partial charge in [0.15, 0.2) is 0 Å². The summed E-state index contributed by atoms with van der Waals surface area (Å²) in [6.45, 7) is 8.04. The van der Waals surface area contributed by atoms with Gasteiger partial charge in [0.1, 0.15) is 11.2 Å². The van der Waals surface area contributed by atoms with Crippen LogP contribution in [0.25, 0.3) is 0 Å². The highest BCUT2D eigenvalue weighted by molar-refractivity contribution is 6.30. The molecule has 19 heavy (non-hydrogen) atoms. The van der Waals surface area contributed by atoms with Crippen LogP contribution in [0.5, 0.6) is 0 Å². The lowest BCUT2D eigenvalue weighted by Gasteiger charge is -2.21. The van der Waals surface area contributed by atoms with Gasteiger partial charge >= 0.3 is 6.09 Å². The van der Waals surface area contributed by atoms with Gasteiger partial charge in [-0.05, 0) is 45.9 Å². The van der Waals surface area contributed by atoms with Gasteiger partial charge in [0.2, 0.25) is 0 Å². The average molecular weight is 284 g/mol. The molecule has 1 aliphatic rings. The number of anilines is 1. The first-order valence-electron chi connectivity index (χ1n) is 6.14. The van der Waals surface area contributed by atoms with Crippen LogP contribution in [0.4, 0.5) is 10.5 Å². The van der Waals surface area contributed by atoms with Crippen molar-refractivity contribution in [3.05, 3.63) is 28.8 Å². The summed E-state index contributed by atoms with van der Waals surface area (Å²) in [5.41, 5.74) is 0.635. The molecule has 1 atom stereocenters. The Morgan fingerprint density at radius 2 is 2.11 bits per heavy atom. The Bertz CT molecular complexity index is 504. The highest BCUT2D eigenvalue weighted by atomic mass is 35.5. The largest absolute Gasteiger partial charge is 0.444 e. The summed E-state index contributed by atoms with van der Waals surface area (Å²) >= 11 is 5.99. The molecule has 1 aromatic rings. The van der Waals surface area contributed by atoms with Crippen molar-refractivity contribution in [2.24, 2.45) is 0 Å². The van der Waals surface area contributed by atoms with Gasteiger partial charge in [0, 0.05) is 10.6 Å². The number of hydrogen-bond donors (Lipinski definition) is 1. The molecule has 1 heterocycles. The van der Waals surface area contributed by atoms with Gasteiger partial charge in [0.05, 0.1) is 12.3 Å². The van der Waals surface area contributed by atoms with Crippen LogP contribution in [-0.4, -0.2) is 18.3 Å². The van der Waals surface area contributed by atoms with E-state index in [1.54, 1.807) is 18.2 Å². The topological polar surface area (TPSA) is 50.9 Å². The number of ether oxygens (including phenoxy) is 2. The normalized spacial score (nSPS) is 21.9. The summed E-state index contributed by atoms with van der Waals surface area (Å²) in [5.74, 6) is 0. The first-order valence-corrected chi connectivity index (χ1v) is 6.51. The molecule has 0 spiro atoms. The van der Waals surface area contributed by atoms with Crippen molar-refractivity contribution in [1.29, 1.82) is 0 Å². The van der Waals surface area contributed by atoms with E-state index in [0.29, 0.717) is 17.3 Å². The maximum Gasteiger partial charge on any atom is 0.412 e. The zero-order valence-electron chi connectivity index (χ0n) is 11.5. The number of halogens is 1. The number of hydrogen-bond acceptors (Lipinski definition) is 3. The molecule has 0 aliphatic carbocycles. The minimum atomic E-state index is -0.531. The van der Waals surface area contributed by atoms with E-state index in [2.05, 4.69) is 5.32 Å². The smallest absolute Gasteiger partial charge is 0.412 e. The minimum absolute atomic E-state index is 0.366. The van der Waals surface area contributed by atoms with Crippen molar-refractivity contribution in [2.75, 3.05) is 11.9 Å². The average Bonchev–Trinajstić information content (AvgIpc) is 2.97. The predicted molar refractivity (Wildman–Crippen MR) is 74.6 cm³/mol. The summed E-state index contributed by atoms with van der Waals surface area (Å²) < 4.78 is 10.6. The van der Waals surface area contributed by atoms with Crippen LogP contribution in [0.3, 0.4) is 0 Å². The number of carbonyl (C=O) groups excluding carboxylic acids is 1. The van der Waals surface area contributed by atoms with E-state index < -0.39 is 11.7 Å². The third kappa shape index (κ3) is 3.61. The molecule has 5 heteroatoms. The first kappa shape index (κ1) is 14.2. The van der Waals surface area contributed by atoms with E-state index in [1.165, 1.54) is 0 Å². The second kappa shape index (κ2) is 4.69. The van der Waals surface area contributed by atoms with Gasteiger partial charge in [-0.25, -0.2) is 4.79 Å². The molecule has 4 nitrogen and oxygen atoms in total. The van der Waals surface area contributed by atoms with E-state index in [-0.39, 0.29) is 5.60 Å². The van der Waals surface area contributed by atoms with Crippen molar-refractivity contribution in [3.8, 4) is 0 Å². The molecule has 0 saturated carbocycles. The molecule has 1 N–H and O–H groups in total. The van der Waals surface area contributed by atoms with E-state index in [4.69, 9.17) is 21.1 Å². The Morgan fingerprint density at radius 3 is 2.63 bits per heavy atom. The molecule has 1 fully saturated rings. The molecule has 1 aromatic carbocycles. The second-order valence-electron chi connectivity index (χ2n) is 5.84. The Hall–Kier alpha value is -1.26. The molecule has 1 amide bonds. The molecule has 0 bridgehead atoms. The molecule has 0 radical (unpaired) electrons. The summed E-state index contributed by atoms with van der Waals surface area (Å²) in [5, 5.41) is 3.35. The molecule has 0 aromatic heterocycles. The number of carbonyl (C=O) groups is 1. The lowest BCUT2D eigenvalue weighted by Crippen LogP contribution is -2.27. The second-order valence-corrected chi connectivity index (χ2v) is 6.27. The van der Waals surface area contributed by atoms with E-state index in [0.717, 1.165) is 5.56 Å². The van der Waals surface area contributed by atoms with Crippen molar-refractivity contribution in [1.82, 2.24) is 0 Å². The van der Waals surface area contributed by atoms with Crippen LogP contribution in [0.15, 0.2) is 18.2 Å². The van der Waals surface area contributed by atoms with Crippen LogP contribution in [0, 0.1) is 0 Å². The molecule has 2 rings (SSSR count). The van der Waals surface area contributed by atoms with Crippen LogP contribution < -0.4 is 5.32 Å². The van der Waals surface area contributed by atoms with Gasteiger partial charge in [-0.15, -0.1) is 0 Å². The fourth-order valence-corrected chi connectivity index (χ4v) is 1.91. The number of amides is 1. The maximum atomic E-state index is 11.8. The number of rotatable bonds is 2. The van der Waals surface area contributed by atoms with E-state index in [9.17, 15) is 4.79 Å². The lowest BCUT2D eigenvalue weighted by molar-refractivity contribution is 0.0635. The maximum absolute atomic E-state index is 11.8. The number of epoxide rings is 1. The SMILES string of the molecule is CC(C)(C)OC(=O)Nc1ccc(Cl)cc1C1(C)CO1. The third-order valence-corrected chi connectivity index (χ3v) is 3.00. The van der Waals surface area contributed by atoms with E-state index in [1.807, 2.05) is 27.7 Å². The molecule has 104 valence electrons. The number of benzene rings is 1. The lowest BCUT2D eigenvalue weighted by atomic mass is 10.00. The highest BCUT2D eigenvalue weighted by Gasteiger charge is 2.43. The van der Waals surface area contributed by atoms with Crippen LogP contribution in [-0.2, 0) is 15.1 Å². The van der Waals surface area contributed by atoms with Gasteiger partial charge in [-0.1, -0.05) is 11.6 Å². The zero-order valence-corrected chi connectivity index (χ0v) is 12.3. The molecular formula is C14H18ClNO3. The Morgan fingerprint density at radius 1 is 1.47 bits per heavy atom. The zero-order chi connectivity index (χ0) is 14.3. The predicted octanol–water partition coefficient (Wildman–Crippen LogP) is 3.93. The first-order chi connectivity index (χ1) is 8.70. The third-order valence-electron chi connectivity index (χ3n) is 2.76. The minimum Gasteiger partial charge on any atom is -0.444 e. The molecule has 1 aliphatic heterocycles. The van der Waals surface area contributed by atoms with Gasteiger partial charge in [-0.3, -0.25) is 5.32 Å². The Balaban J connectivity index is 2.19. The van der Waals surface area contributed by atoms with Crippen LogP contribution in [0.1, 0.15) is 33.3 Å². The van der Waals surface area contributed by atoms with Gasteiger partial charge in [0.25, 0.3) is 0 Å². The molecular weight excluding hydrogens is 266 g/mol. The summed E-state index contributed by atoms with van der Waals surface area (Å²) in [7, 11) is 0. The van der Waals surface area contributed by atoms with Crippen molar-refractivity contribution < 1.29 is 14.3 Å². The van der Waals surface area contributed by atoms with Crippen molar-refractivity contribution >= 4 is 23.4 Å². The summed E-state index contributed by atoms with van der Waals surface area (Å²) in [6.07, 6.45) is -0.486. The fraction of sp³-hybridized carbons (Fsp3) is 0.500. The number of nitrogens with one attached hydrogen (secondary N) is 1. The quantitative estimate of drug-likeness (QED) is 0.837. The molecule has 1 unspecified atom stereocenters. The standard InChI is InChI=1S/C14H18ClNO3/c1-13(2,3)19-12(17)16-11-6-5-9(15)7-10(11)14(4)8-18-14/h5-7H,8H2,1-4H3,(H,16,17). The Kier molecular flexibility index (Phi) is 3.49. The highest BCUT2D eigenvalue weighted by Crippen LogP contribution is 2.42. The monoisotopic (exact) mass is 283 g/mol. The molecule has 1 saturated heterocycles. The van der Waals surface area contributed by atoms with Gasteiger partial charge < -0.3 is 9.47 Å². The Labute approximate surface area is 118 Å².